The number of thiophene rings is 1. The Kier molecular flexibility index (Phi) is 6.64. The molecule has 4 nitrogen and oxygen atoms in total. The van der Waals surface area contributed by atoms with E-state index < -0.39 is 0 Å². The Balaban J connectivity index is 1.27. The normalized spacial score (nSPS) is 11.6. The lowest BCUT2D eigenvalue weighted by Crippen LogP contribution is -2.01. The zero-order valence-electron chi connectivity index (χ0n) is 26.9. The molecule has 3 aromatic heterocycles. The van der Waals surface area contributed by atoms with Gasteiger partial charge in [0.05, 0.1) is 11.0 Å². The van der Waals surface area contributed by atoms with E-state index in [1.165, 1.54) is 36.5 Å². The molecule has 0 aliphatic heterocycles. The van der Waals surface area contributed by atoms with Crippen LogP contribution in [0.5, 0.6) is 0 Å². The van der Waals surface area contributed by atoms with Gasteiger partial charge in [-0.15, -0.1) is 11.3 Å². The van der Waals surface area contributed by atoms with E-state index in [1.807, 2.05) is 72.0 Å². The van der Waals surface area contributed by atoms with Crippen LogP contribution >= 0.6 is 11.3 Å². The van der Waals surface area contributed by atoms with Crippen LogP contribution in [-0.4, -0.2) is 19.5 Å². The maximum absolute atomic E-state index is 5.12. The Morgan fingerprint density at radius 3 is 1.56 bits per heavy atom. The lowest BCUT2D eigenvalue weighted by atomic mass is 10.0. The first-order valence-corrected chi connectivity index (χ1v) is 17.5. The minimum Gasteiger partial charge on any atom is -0.309 e. The maximum atomic E-state index is 5.12. The van der Waals surface area contributed by atoms with Crippen molar-refractivity contribution in [1.29, 1.82) is 0 Å². The van der Waals surface area contributed by atoms with Gasteiger partial charge < -0.3 is 4.57 Å². The second kappa shape index (κ2) is 11.6. The van der Waals surface area contributed by atoms with E-state index in [0.29, 0.717) is 17.5 Å². The SMILES string of the molecule is c1ccc(-c2cc(-c3nc(-c4ccccc4)nc(-c4ccccc4)n3)cc(-n3c4ccccc4c4cc5sc6ccccc6c5cc43)c2)cc1. The lowest BCUT2D eigenvalue weighted by molar-refractivity contribution is 1.07. The molecule has 0 saturated carbocycles. The molecule has 0 amide bonds. The van der Waals surface area contributed by atoms with Crippen molar-refractivity contribution in [2.24, 2.45) is 0 Å². The summed E-state index contributed by atoms with van der Waals surface area (Å²) < 4.78 is 5.01. The van der Waals surface area contributed by atoms with Crippen molar-refractivity contribution >= 4 is 53.3 Å². The van der Waals surface area contributed by atoms with Crippen LogP contribution in [0, 0.1) is 0 Å². The van der Waals surface area contributed by atoms with Crippen molar-refractivity contribution in [3.05, 3.63) is 170 Å². The predicted molar refractivity (Wildman–Crippen MR) is 209 cm³/mol. The molecule has 0 fully saturated rings. The zero-order valence-corrected chi connectivity index (χ0v) is 27.7. The second-order valence-corrected chi connectivity index (χ2v) is 13.6. The molecule has 10 aromatic rings. The Bertz CT molecular complexity index is 2800. The molecule has 0 spiro atoms. The summed E-state index contributed by atoms with van der Waals surface area (Å²) in [6, 6.07) is 59.7. The molecule has 50 heavy (non-hydrogen) atoms. The molecule has 10 rings (SSSR count). The molecule has 0 unspecified atom stereocenters. The van der Waals surface area contributed by atoms with E-state index >= 15 is 0 Å². The first-order chi connectivity index (χ1) is 24.8. The van der Waals surface area contributed by atoms with Crippen LogP contribution in [0.25, 0.3) is 93.0 Å². The smallest absolute Gasteiger partial charge is 0.164 e. The second-order valence-electron chi connectivity index (χ2n) is 12.5. The molecule has 0 atom stereocenters. The fourth-order valence-corrected chi connectivity index (χ4v) is 8.20. The average molecular weight is 657 g/mol. The van der Waals surface area contributed by atoms with Gasteiger partial charge in [0, 0.05) is 53.3 Å². The molecular formula is C45H28N4S. The third-order valence-electron chi connectivity index (χ3n) is 9.41. The van der Waals surface area contributed by atoms with Crippen LogP contribution in [0.2, 0.25) is 0 Å². The number of aromatic nitrogens is 4. The zero-order chi connectivity index (χ0) is 33.0. The summed E-state index contributed by atoms with van der Waals surface area (Å²) in [4.78, 5) is 15.2. The average Bonchev–Trinajstić information content (AvgIpc) is 3.72. The molecule has 0 aliphatic carbocycles. The summed E-state index contributed by atoms with van der Waals surface area (Å²) in [7, 11) is 0. The van der Waals surface area contributed by atoms with Crippen LogP contribution in [0.4, 0.5) is 0 Å². The fourth-order valence-electron chi connectivity index (χ4n) is 7.07. The Labute approximate surface area is 292 Å². The van der Waals surface area contributed by atoms with Crippen molar-refractivity contribution < 1.29 is 0 Å². The highest BCUT2D eigenvalue weighted by atomic mass is 32.1. The third-order valence-corrected chi connectivity index (χ3v) is 10.5. The summed E-state index contributed by atoms with van der Waals surface area (Å²) >= 11 is 1.86. The van der Waals surface area contributed by atoms with E-state index in [2.05, 4.69) is 114 Å². The minimum atomic E-state index is 0.628. The highest BCUT2D eigenvalue weighted by molar-refractivity contribution is 7.25. The highest BCUT2D eigenvalue weighted by Gasteiger charge is 2.19. The predicted octanol–water partition coefficient (Wildman–Crippen LogP) is 12.0. The van der Waals surface area contributed by atoms with Gasteiger partial charge >= 0.3 is 0 Å². The molecule has 0 radical (unpaired) electrons. The number of fused-ring (bicyclic) bond motifs is 6. The van der Waals surface area contributed by atoms with Crippen molar-refractivity contribution in [2.75, 3.05) is 0 Å². The Morgan fingerprint density at radius 1 is 0.340 bits per heavy atom. The molecule has 0 N–H and O–H groups in total. The van der Waals surface area contributed by atoms with Gasteiger partial charge in [-0.25, -0.2) is 15.0 Å². The standard InChI is InChI=1S/C45H28N4S/c1-4-14-29(15-5-1)32-24-33(45-47-43(30-16-6-2-7-17-30)46-44(48-45)31-18-8-3-9-19-31)26-34(25-32)49-39-22-12-10-20-35(39)37-28-42-38(27-40(37)49)36-21-11-13-23-41(36)50-42/h1-28H. The Hall–Kier alpha value is -6.43. The van der Waals surface area contributed by atoms with Crippen LogP contribution in [0.15, 0.2) is 170 Å². The van der Waals surface area contributed by atoms with E-state index in [0.717, 1.165) is 39.0 Å². The lowest BCUT2D eigenvalue weighted by Gasteiger charge is -2.14. The first kappa shape index (κ1) is 28.6. The molecule has 234 valence electrons. The van der Waals surface area contributed by atoms with E-state index in [4.69, 9.17) is 15.0 Å². The van der Waals surface area contributed by atoms with Crippen LogP contribution < -0.4 is 0 Å². The van der Waals surface area contributed by atoms with Gasteiger partial charge in [0.2, 0.25) is 0 Å². The molecule has 0 saturated heterocycles. The summed E-state index contributed by atoms with van der Waals surface area (Å²) in [5.41, 5.74) is 8.41. The summed E-state index contributed by atoms with van der Waals surface area (Å²) in [6.07, 6.45) is 0. The Morgan fingerprint density at radius 2 is 0.880 bits per heavy atom. The molecular weight excluding hydrogens is 629 g/mol. The number of para-hydroxylation sites is 1. The molecule has 5 heteroatoms. The molecule has 3 heterocycles. The molecule has 7 aromatic carbocycles. The molecule has 0 aliphatic rings. The van der Waals surface area contributed by atoms with Gasteiger partial charge in [-0.3, -0.25) is 0 Å². The van der Waals surface area contributed by atoms with E-state index in [9.17, 15) is 0 Å². The topological polar surface area (TPSA) is 43.6 Å². The van der Waals surface area contributed by atoms with Crippen LogP contribution in [0.1, 0.15) is 0 Å². The van der Waals surface area contributed by atoms with E-state index in [-0.39, 0.29) is 0 Å². The first-order valence-electron chi connectivity index (χ1n) is 16.7. The summed E-state index contributed by atoms with van der Waals surface area (Å²) in [5.74, 6) is 1.91. The summed E-state index contributed by atoms with van der Waals surface area (Å²) in [6.45, 7) is 0. The van der Waals surface area contributed by atoms with Gasteiger partial charge in [0.25, 0.3) is 0 Å². The van der Waals surface area contributed by atoms with Crippen molar-refractivity contribution in [3.8, 4) is 51.0 Å². The number of hydrogen-bond donors (Lipinski definition) is 0. The third kappa shape index (κ3) is 4.79. The van der Waals surface area contributed by atoms with E-state index in [1.54, 1.807) is 0 Å². The number of nitrogens with zero attached hydrogens (tertiary/aromatic N) is 4. The van der Waals surface area contributed by atoms with Crippen LogP contribution in [0.3, 0.4) is 0 Å². The fraction of sp³-hybridized carbons (Fsp3) is 0. The van der Waals surface area contributed by atoms with Crippen LogP contribution in [-0.2, 0) is 0 Å². The molecule has 0 bridgehead atoms. The monoisotopic (exact) mass is 656 g/mol. The van der Waals surface area contributed by atoms with Gasteiger partial charge in [-0.05, 0) is 53.6 Å². The van der Waals surface area contributed by atoms with Crippen molar-refractivity contribution in [2.45, 2.75) is 0 Å². The largest absolute Gasteiger partial charge is 0.309 e. The minimum absolute atomic E-state index is 0.628. The number of rotatable bonds is 5. The number of benzene rings is 7. The van der Waals surface area contributed by atoms with Gasteiger partial charge in [-0.2, -0.15) is 0 Å². The van der Waals surface area contributed by atoms with Crippen molar-refractivity contribution in [1.82, 2.24) is 19.5 Å². The highest BCUT2D eigenvalue weighted by Crippen LogP contribution is 2.41. The number of hydrogen-bond acceptors (Lipinski definition) is 4. The van der Waals surface area contributed by atoms with Gasteiger partial charge in [0.15, 0.2) is 17.5 Å². The maximum Gasteiger partial charge on any atom is 0.164 e. The quantitative estimate of drug-likeness (QED) is 0.185. The van der Waals surface area contributed by atoms with Gasteiger partial charge in [-0.1, -0.05) is 127 Å². The van der Waals surface area contributed by atoms with Crippen molar-refractivity contribution in [3.63, 3.8) is 0 Å². The van der Waals surface area contributed by atoms with Gasteiger partial charge in [0.1, 0.15) is 0 Å². The summed E-state index contributed by atoms with van der Waals surface area (Å²) in [5, 5.41) is 5.03.